The van der Waals surface area contributed by atoms with Crippen LogP contribution >= 0.6 is 0 Å². The summed E-state index contributed by atoms with van der Waals surface area (Å²) < 4.78 is 55.4. The molecule has 0 saturated heterocycles. The van der Waals surface area contributed by atoms with Crippen LogP contribution in [0.2, 0.25) is 0 Å². The van der Waals surface area contributed by atoms with E-state index >= 15 is 0 Å². The van der Waals surface area contributed by atoms with Crippen LogP contribution in [0.3, 0.4) is 0 Å². The van der Waals surface area contributed by atoms with E-state index in [4.69, 9.17) is 10.00 Å². The van der Waals surface area contributed by atoms with Crippen molar-refractivity contribution in [3.8, 4) is 11.8 Å². The minimum Gasteiger partial charge on any atom is -0.426 e. The lowest BCUT2D eigenvalue weighted by atomic mass is 9.82. The van der Waals surface area contributed by atoms with Crippen LogP contribution in [0.5, 0.6) is 5.75 Å². The molecule has 0 bridgehead atoms. The lowest BCUT2D eigenvalue weighted by molar-refractivity contribution is -0.140. The Morgan fingerprint density at radius 1 is 1.17 bits per heavy atom. The molecule has 0 aromatic heterocycles. The minimum atomic E-state index is -4.44. The van der Waals surface area contributed by atoms with Gasteiger partial charge in [0.05, 0.1) is 11.5 Å². The van der Waals surface area contributed by atoms with Crippen LogP contribution in [0.15, 0.2) is 36.2 Å². The Labute approximate surface area is 136 Å². The van der Waals surface area contributed by atoms with Crippen molar-refractivity contribution >= 4 is 5.97 Å². The summed E-state index contributed by atoms with van der Waals surface area (Å²) in [6.07, 6.45) is -1.09. The number of ether oxygens (including phenoxy) is 1. The third-order valence-corrected chi connectivity index (χ3v) is 3.99. The molecule has 1 saturated carbocycles. The molecular formula is C17H15F4NO2. The molecule has 1 aliphatic carbocycles. The smallest absolute Gasteiger partial charge is 0.416 e. The molecule has 2 rings (SSSR count). The number of esters is 1. The number of benzene rings is 1. The van der Waals surface area contributed by atoms with E-state index in [0.29, 0.717) is 25.7 Å². The van der Waals surface area contributed by atoms with Gasteiger partial charge < -0.3 is 4.74 Å². The van der Waals surface area contributed by atoms with Crippen molar-refractivity contribution in [2.45, 2.75) is 31.9 Å². The van der Waals surface area contributed by atoms with Gasteiger partial charge in [-0.25, -0.2) is 0 Å². The second kappa shape index (κ2) is 7.47. The van der Waals surface area contributed by atoms with Crippen molar-refractivity contribution in [1.29, 1.82) is 5.26 Å². The number of carbonyl (C=O) groups is 1. The lowest BCUT2D eigenvalue weighted by Crippen LogP contribution is -2.25. The number of rotatable bonds is 3. The first-order valence-corrected chi connectivity index (χ1v) is 7.46. The van der Waals surface area contributed by atoms with Crippen molar-refractivity contribution in [2.75, 3.05) is 0 Å². The highest BCUT2D eigenvalue weighted by Crippen LogP contribution is 2.33. The average molecular weight is 341 g/mol. The van der Waals surface area contributed by atoms with Crippen LogP contribution in [0.1, 0.15) is 31.2 Å². The lowest BCUT2D eigenvalue weighted by Gasteiger charge is -2.25. The number of hydrogen-bond donors (Lipinski definition) is 0. The SMILES string of the molecule is N#C/C(F)=C\C1CCC(C(=O)Oc2ccc(C(F)(F)F)cc2)CC1. The van der Waals surface area contributed by atoms with Crippen molar-refractivity contribution in [1.82, 2.24) is 0 Å². The Morgan fingerprint density at radius 3 is 2.25 bits per heavy atom. The van der Waals surface area contributed by atoms with E-state index in [9.17, 15) is 22.4 Å². The second-order valence-electron chi connectivity index (χ2n) is 5.68. The van der Waals surface area contributed by atoms with Crippen LogP contribution < -0.4 is 4.74 Å². The van der Waals surface area contributed by atoms with Crippen LogP contribution in [-0.2, 0) is 11.0 Å². The number of nitriles is 1. The summed E-state index contributed by atoms with van der Waals surface area (Å²) in [5.74, 6) is -1.73. The molecule has 24 heavy (non-hydrogen) atoms. The zero-order valence-corrected chi connectivity index (χ0v) is 12.6. The Hall–Kier alpha value is -2.36. The van der Waals surface area contributed by atoms with Crippen LogP contribution in [0.4, 0.5) is 17.6 Å². The van der Waals surface area contributed by atoms with Gasteiger partial charge in [0.2, 0.25) is 0 Å². The molecule has 1 aliphatic rings. The van der Waals surface area contributed by atoms with Gasteiger partial charge in [-0.3, -0.25) is 4.79 Å². The maximum absolute atomic E-state index is 12.9. The molecule has 128 valence electrons. The van der Waals surface area contributed by atoms with Gasteiger partial charge in [0.25, 0.3) is 0 Å². The summed E-state index contributed by atoms with van der Waals surface area (Å²) in [5.41, 5.74) is -0.811. The standard InChI is InChI=1S/C17H15F4NO2/c18-14(10-22)9-11-1-3-12(4-2-11)16(23)24-15-7-5-13(6-8-15)17(19,20)21/h5-9,11-12H,1-4H2/b14-9+. The van der Waals surface area contributed by atoms with E-state index in [0.717, 1.165) is 24.3 Å². The number of hydrogen-bond acceptors (Lipinski definition) is 3. The first kappa shape index (κ1) is 18.0. The van der Waals surface area contributed by atoms with Gasteiger partial charge in [0.15, 0.2) is 5.83 Å². The fraction of sp³-hybridized carbons (Fsp3) is 0.412. The quantitative estimate of drug-likeness (QED) is 0.344. The van der Waals surface area contributed by atoms with Gasteiger partial charge >= 0.3 is 12.1 Å². The van der Waals surface area contributed by atoms with Gasteiger partial charge in [-0.15, -0.1) is 0 Å². The van der Waals surface area contributed by atoms with Crippen LogP contribution in [0.25, 0.3) is 0 Å². The van der Waals surface area contributed by atoms with Crippen LogP contribution in [-0.4, -0.2) is 5.97 Å². The first-order chi connectivity index (χ1) is 11.3. The molecule has 0 unspecified atom stereocenters. The Morgan fingerprint density at radius 2 is 1.75 bits per heavy atom. The maximum atomic E-state index is 12.9. The Bertz CT molecular complexity index is 651. The summed E-state index contributed by atoms with van der Waals surface area (Å²) >= 11 is 0. The predicted molar refractivity (Wildman–Crippen MR) is 77.3 cm³/mol. The molecule has 0 amide bonds. The molecule has 7 heteroatoms. The van der Waals surface area contributed by atoms with Gasteiger partial charge in [-0.2, -0.15) is 22.8 Å². The zero-order valence-electron chi connectivity index (χ0n) is 12.6. The molecule has 0 heterocycles. The maximum Gasteiger partial charge on any atom is 0.416 e. The van der Waals surface area contributed by atoms with Crippen molar-refractivity contribution in [2.24, 2.45) is 11.8 Å². The molecule has 0 spiro atoms. The largest absolute Gasteiger partial charge is 0.426 e. The van der Waals surface area contributed by atoms with Gasteiger partial charge in [-0.05, 0) is 61.9 Å². The summed E-state index contributed by atoms with van der Waals surface area (Å²) in [5, 5.41) is 8.40. The predicted octanol–water partition coefficient (Wildman–Crippen LogP) is 4.79. The van der Waals surface area contributed by atoms with Gasteiger partial charge in [0.1, 0.15) is 11.8 Å². The number of allylic oxidation sites excluding steroid dienone is 2. The van der Waals surface area contributed by atoms with E-state index in [1.165, 1.54) is 12.1 Å². The molecule has 1 aromatic carbocycles. The molecule has 0 N–H and O–H groups in total. The average Bonchev–Trinajstić information content (AvgIpc) is 2.55. The molecule has 1 aromatic rings. The monoisotopic (exact) mass is 341 g/mol. The van der Waals surface area contributed by atoms with Crippen LogP contribution in [0, 0.1) is 23.2 Å². The third kappa shape index (κ3) is 4.82. The number of halogens is 4. The number of carbonyl (C=O) groups excluding carboxylic acids is 1. The third-order valence-electron chi connectivity index (χ3n) is 3.99. The zero-order chi connectivity index (χ0) is 17.7. The number of alkyl halides is 3. The van der Waals surface area contributed by atoms with E-state index in [2.05, 4.69) is 0 Å². The fourth-order valence-electron chi connectivity index (χ4n) is 2.68. The molecular weight excluding hydrogens is 326 g/mol. The van der Waals surface area contributed by atoms with E-state index in [1.54, 1.807) is 0 Å². The normalized spacial score (nSPS) is 21.9. The summed E-state index contributed by atoms with van der Waals surface area (Å²) in [6, 6.07) is 5.35. The Balaban J connectivity index is 1.89. The van der Waals surface area contributed by atoms with E-state index in [-0.39, 0.29) is 17.6 Å². The second-order valence-corrected chi connectivity index (χ2v) is 5.68. The molecule has 3 nitrogen and oxygen atoms in total. The first-order valence-electron chi connectivity index (χ1n) is 7.46. The highest BCUT2D eigenvalue weighted by Gasteiger charge is 2.31. The highest BCUT2D eigenvalue weighted by atomic mass is 19.4. The summed E-state index contributed by atoms with van der Waals surface area (Å²) in [6.45, 7) is 0. The topological polar surface area (TPSA) is 50.1 Å². The molecule has 0 aliphatic heterocycles. The van der Waals surface area contributed by atoms with Crippen molar-refractivity contribution < 1.29 is 27.1 Å². The molecule has 0 radical (unpaired) electrons. The van der Waals surface area contributed by atoms with Crippen molar-refractivity contribution in [3.63, 3.8) is 0 Å². The fourth-order valence-corrected chi connectivity index (χ4v) is 2.68. The minimum absolute atomic E-state index is 0.0607. The summed E-state index contributed by atoms with van der Waals surface area (Å²) in [7, 11) is 0. The van der Waals surface area contributed by atoms with Gasteiger partial charge in [-0.1, -0.05) is 0 Å². The Kier molecular flexibility index (Phi) is 5.60. The van der Waals surface area contributed by atoms with Crippen molar-refractivity contribution in [3.05, 3.63) is 41.7 Å². The highest BCUT2D eigenvalue weighted by molar-refractivity contribution is 5.75. The molecule has 0 atom stereocenters. The van der Waals surface area contributed by atoms with Gasteiger partial charge in [0, 0.05) is 0 Å². The van der Waals surface area contributed by atoms with E-state index < -0.39 is 23.5 Å². The number of nitrogens with zero attached hydrogens (tertiary/aromatic N) is 1. The van der Waals surface area contributed by atoms with E-state index in [1.807, 2.05) is 0 Å². The molecule has 1 fully saturated rings. The summed E-state index contributed by atoms with van der Waals surface area (Å²) in [4.78, 5) is 12.0.